The van der Waals surface area contributed by atoms with E-state index in [0.29, 0.717) is 30.6 Å². The van der Waals surface area contributed by atoms with Crippen molar-refractivity contribution in [3.8, 4) is 5.88 Å². The average Bonchev–Trinajstić information content (AvgIpc) is 3.09. The van der Waals surface area contributed by atoms with E-state index in [1.807, 2.05) is 4.90 Å². The lowest BCUT2D eigenvalue weighted by Gasteiger charge is -2.33. The summed E-state index contributed by atoms with van der Waals surface area (Å²) in [6.07, 6.45) is 3.32. The van der Waals surface area contributed by atoms with Crippen molar-refractivity contribution in [1.29, 1.82) is 0 Å². The van der Waals surface area contributed by atoms with Crippen LogP contribution in [0.4, 0.5) is 0 Å². The van der Waals surface area contributed by atoms with E-state index in [0.717, 1.165) is 25.9 Å². The van der Waals surface area contributed by atoms with Gasteiger partial charge in [0, 0.05) is 31.3 Å². The van der Waals surface area contributed by atoms with Gasteiger partial charge in [-0.25, -0.2) is 4.98 Å². The third-order valence-electron chi connectivity index (χ3n) is 4.05. The van der Waals surface area contributed by atoms with Gasteiger partial charge < -0.3 is 19.1 Å². The number of hydrogen-bond donors (Lipinski definition) is 0. The van der Waals surface area contributed by atoms with Crippen LogP contribution >= 0.6 is 0 Å². The summed E-state index contributed by atoms with van der Waals surface area (Å²) in [7, 11) is 1.56. The number of carbonyl (C=O) groups is 1. The number of methoxy groups -OCH3 is 1. The molecule has 1 aromatic rings. The summed E-state index contributed by atoms with van der Waals surface area (Å²) in [4.78, 5) is 18.4. The molecule has 3 rings (SSSR count). The number of carbonyl (C=O) groups excluding carboxylic acids is 1. The molecule has 1 amide bonds. The summed E-state index contributed by atoms with van der Waals surface area (Å²) in [5.74, 6) is 0.934. The van der Waals surface area contributed by atoms with Crippen LogP contribution in [0.3, 0.4) is 0 Å². The third kappa shape index (κ3) is 3.16. The Hall–Kier alpha value is -1.66. The van der Waals surface area contributed by atoms with Crippen molar-refractivity contribution in [3.63, 3.8) is 0 Å². The number of aromatic nitrogens is 1. The zero-order valence-electron chi connectivity index (χ0n) is 12.2. The fourth-order valence-corrected chi connectivity index (χ4v) is 2.83. The molecule has 114 valence electrons. The third-order valence-corrected chi connectivity index (χ3v) is 4.05. The summed E-state index contributed by atoms with van der Waals surface area (Å²) in [6.45, 7) is 2.83. The lowest BCUT2D eigenvalue weighted by atomic mass is 9.96. The predicted molar refractivity (Wildman–Crippen MR) is 75.1 cm³/mol. The van der Waals surface area contributed by atoms with Gasteiger partial charge >= 0.3 is 0 Å². The van der Waals surface area contributed by atoms with Crippen LogP contribution in [0.15, 0.2) is 18.3 Å². The van der Waals surface area contributed by atoms with Gasteiger partial charge in [-0.15, -0.1) is 0 Å². The zero-order valence-corrected chi connectivity index (χ0v) is 12.2. The Morgan fingerprint density at radius 1 is 1.29 bits per heavy atom. The minimum absolute atomic E-state index is 0.0249. The summed E-state index contributed by atoms with van der Waals surface area (Å²) in [5, 5.41) is 0. The molecule has 0 aliphatic carbocycles. The standard InChI is InChI=1S/C15H20N2O4/c1-19-13-3-2-12(10-16-13)14(18)17-6-4-11(5-7-17)15-20-8-9-21-15/h2-3,10-11,15H,4-9H2,1H3. The molecule has 1 aromatic heterocycles. The van der Waals surface area contributed by atoms with Gasteiger partial charge in [-0.1, -0.05) is 0 Å². The molecule has 0 bridgehead atoms. The van der Waals surface area contributed by atoms with Crippen molar-refractivity contribution < 1.29 is 19.0 Å². The van der Waals surface area contributed by atoms with E-state index in [-0.39, 0.29) is 12.2 Å². The maximum absolute atomic E-state index is 12.4. The number of pyridine rings is 1. The number of ether oxygens (including phenoxy) is 3. The molecule has 6 nitrogen and oxygen atoms in total. The highest BCUT2D eigenvalue weighted by atomic mass is 16.7. The Balaban J connectivity index is 1.56. The number of nitrogens with zero attached hydrogens (tertiary/aromatic N) is 2. The SMILES string of the molecule is COc1ccc(C(=O)N2CCC(C3OCCO3)CC2)cn1. The Bertz CT molecular complexity index is 477. The first-order valence-electron chi connectivity index (χ1n) is 7.30. The Kier molecular flexibility index (Phi) is 4.36. The highest BCUT2D eigenvalue weighted by Crippen LogP contribution is 2.26. The molecule has 2 fully saturated rings. The van der Waals surface area contributed by atoms with Gasteiger partial charge in [-0.2, -0.15) is 0 Å². The van der Waals surface area contributed by atoms with Crippen LogP contribution in [0.2, 0.25) is 0 Å². The molecule has 0 saturated carbocycles. The lowest BCUT2D eigenvalue weighted by molar-refractivity contribution is -0.0956. The summed E-state index contributed by atoms with van der Waals surface area (Å²) in [6, 6.07) is 3.46. The molecule has 21 heavy (non-hydrogen) atoms. The van der Waals surface area contributed by atoms with Crippen molar-refractivity contribution in [3.05, 3.63) is 23.9 Å². The minimum atomic E-state index is -0.0788. The van der Waals surface area contributed by atoms with Crippen molar-refractivity contribution >= 4 is 5.91 Å². The molecule has 3 heterocycles. The smallest absolute Gasteiger partial charge is 0.255 e. The Morgan fingerprint density at radius 3 is 2.57 bits per heavy atom. The van der Waals surface area contributed by atoms with Gasteiger partial charge in [0.2, 0.25) is 5.88 Å². The quantitative estimate of drug-likeness (QED) is 0.841. The van der Waals surface area contributed by atoms with Crippen LogP contribution < -0.4 is 4.74 Å². The number of rotatable bonds is 3. The van der Waals surface area contributed by atoms with E-state index in [2.05, 4.69) is 4.98 Å². The number of likely N-dealkylation sites (tertiary alicyclic amines) is 1. The number of amides is 1. The molecule has 0 radical (unpaired) electrons. The normalized spacial score (nSPS) is 20.7. The molecule has 0 unspecified atom stereocenters. The summed E-state index contributed by atoms with van der Waals surface area (Å²) in [5.41, 5.74) is 0.600. The van der Waals surface area contributed by atoms with Crippen LogP contribution in [0, 0.1) is 5.92 Å². The van der Waals surface area contributed by atoms with Crippen molar-refractivity contribution in [1.82, 2.24) is 9.88 Å². The molecule has 0 spiro atoms. The van der Waals surface area contributed by atoms with Crippen LogP contribution in [0.25, 0.3) is 0 Å². The van der Waals surface area contributed by atoms with Crippen LogP contribution in [0.1, 0.15) is 23.2 Å². The van der Waals surface area contributed by atoms with Crippen LogP contribution in [-0.2, 0) is 9.47 Å². The van der Waals surface area contributed by atoms with Gasteiger partial charge in [0.25, 0.3) is 5.91 Å². The maximum atomic E-state index is 12.4. The molecule has 2 aliphatic rings. The van der Waals surface area contributed by atoms with Crippen LogP contribution in [0.5, 0.6) is 5.88 Å². The number of piperidine rings is 1. The van der Waals surface area contributed by atoms with E-state index in [1.165, 1.54) is 0 Å². The molecule has 2 saturated heterocycles. The van der Waals surface area contributed by atoms with E-state index in [4.69, 9.17) is 14.2 Å². The lowest BCUT2D eigenvalue weighted by Crippen LogP contribution is -2.41. The largest absolute Gasteiger partial charge is 0.481 e. The minimum Gasteiger partial charge on any atom is -0.481 e. The predicted octanol–water partition coefficient (Wildman–Crippen LogP) is 1.32. The first-order chi connectivity index (χ1) is 10.3. The summed E-state index contributed by atoms with van der Waals surface area (Å²) < 4.78 is 16.1. The summed E-state index contributed by atoms with van der Waals surface area (Å²) >= 11 is 0. The monoisotopic (exact) mass is 292 g/mol. The molecule has 0 aromatic carbocycles. The van der Waals surface area contributed by atoms with Gasteiger partial charge in [-0.05, 0) is 18.9 Å². The van der Waals surface area contributed by atoms with Gasteiger partial charge in [0.05, 0.1) is 25.9 Å². The van der Waals surface area contributed by atoms with Gasteiger partial charge in [0.15, 0.2) is 6.29 Å². The van der Waals surface area contributed by atoms with Crippen LogP contribution in [-0.4, -0.2) is 55.5 Å². The van der Waals surface area contributed by atoms with E-state index < -0.39 is 0 Å². The first-order valence-corrected chi connectivity index (χ1v) is 7.30. The number of hydrogen-bond acceptors (Lipinski definition) is 5. The Morgan fingerprint density at radius 2 is 2.00 bits per heavy atom. The van der Waals surface area contributed by atoms with Crippen molar-refractivity contribution in [2.45, 2.75) is 19.1 Å². The topological polar surface area (TPSA) is 60.9 Å². The fraction of sp³-hybridized carbons (Fsp3) is 0.600. The average molecular weight is 292 g/mol. The van der Waals surface area contributed by atoms with E-state index in [9.17, 15) is 4.79 Å². The van der Waals surface area contributed by atoms with Gasteiger partial charge in [-0.3, -0.25) is 4.79 Å². The first kappa shape index (κ1) is 14.3. The second-order valence-corrected chi connectivity index (χ2v) is 5.33. The van der Waals surface area contributed by atoms with Crippen molar-refractivity contribution in [2.24, 2.45) is 5.92 Å². The highest BCUT2D eigenvalue weighted by Gasteiger charge is 2.32. The van der Waals surface area contributed by atoms with Gasteiger partial charge in [0.1, 0.15) is 0 Å². The van der Waals surface area contributed by atoms with E-state index in [1.54, 1.807) is 25.4 Å². The molecule has 6 heteroatoms. The van der Waals surface area contributed by atoms with Crippen molar-refractivity contribution in [2.75, 3.05) is 33.4 Å². The molecular formula is C15H20N2O4. The fourth-order valence-electron chi connectivity index (χ4n) is 2.83. The molecule has 0 atom stereocenters. The second kappa shape index (κ2) is 6.41. The zero-order chi connectivity index (χ0) is 14.7. The molecule has 0 N–H and O–H groups in total. The highest BCUT2D eigenvalue weighted by molar-refractivity contribution is 5.94. The molecule has 2 aliphatic heterocycles. The Labute approximate surface area is 124 Å². The molecular weight excluding hydrogens is 272 g/mol. The van der Waals surface area contributed by atoms with E-state index >= 15 is 0 Å². The maximum Gasteiger partial charge on any atom is 0.255 e. The second-order valence-electron chi connectivity index (χ2n) is 5.33.